The second kappa shape index (κ2) is 3.41. The summed E-state index contributed by atoms with van der Waals surface area (Å²) in [6.07, 6.45) is 1.82. The van der Waals surface area contributed by atoms with Gasteiger partial charge in [0.15, 0.2) is 5.65 Å². The molecule has 0 fully saturated rings. The summed E-state index contributed by atoms with van der Waals surface area (Å²) in [4.78, 5) is 12.2. The van der Waals surface area contributed by atoms with Gasteiger partial charge in [0.2, 0.25) is 0 Å². The van der Waals surface area contributed by atoms with Crippen molar-refractivity contribution in [1.82, 2.24) is 24.7 Å². The number of nitrogens with zero attached hydrogens (tertiary/aromatic N) is 4. The summed E-state index contributed by atoms with van der Waals surface area (Å²) >= 11 is 0. The summed E-state index contributed by atoms with van der Waals surface area (Å²) in [6.45, 7) is 3.98. The molecular weight excluding hydrogens is 214 g/mol. The first-order valence-corrected chi connectivity index (χ1v) is 5.47. The zero-order valence-electron chi connectivity index (χ0n) is 10.0. The molecule has 17 heavy (non-hydrogen) atoms. The zero-order valence-corrected chi connectivity index (χ0v) is 10.0. The van der Waals surface area contributed by atoms with E-state index in [0.29, 0.717) is 0 Å². The summed E-state index contributed by atoms with van der Waals surface area (Å²) in [5, 5.41) is 4.22. The van der Waals surface area contributed by atoms with Crippen LogP contribution in [0.3, 0.4) is 0 Å². The smallest absolute Gasteiger partial charge is 0.178 e. The van der Waals surface area contributed by atoms with Gasteiger partial charge in [0, 0.05) is 18.4 Å². The van der Waals surface area contributed by atoms with Crippen molar-refractivity contribution in [2.24, 2.45) is 7.05 Å². The van der Waals surface area contributed by atoms with Gasteiger partial charge in [0.05, 0.1) is 17.3 Å². The minimum absolute atomic E-state index is 0.753. The van der Waals surface area contributed by atoms with Crippen LogP contribution >= 0.6 is 0 Å². The Labute approximate surface area is 98.5 Å². The Morgan fingerprint density at radius 2 is 2.00 bits per heavy atom. The molecule has 0 aliphatic rings. The van der Waals surface area contributed by atoms with Crippen molar-refractivity contribution in [1.29, 1.82) is 0 Å². The molecule has 0 unspecified atom stereocenters. The molecule has 5 heteroatoms. The second-order valence-corrected chi connectivity index (χ2v) is 4.18. The van der Waals surface area contributed by atoms with Crippen molar-refractivity contribution < 1.29 is 0 Å². The van der Waals surface area contributed by atoms with Crippen LogP contribution in [0.5, 0.6) is 0 Å². The Morgan fingerprint density at radius 3 is 2.71 bits per heavy atom. The summed E-state index contributed by atoms with van der Waals surface area (Å²) < 4.78 is 1.83. The molecule has 0 amide bonds. The van der Waals surface area contributed by atoms with E-state index in [1.54, 1.807) is 0 Å². The van der Waals surface area contributed by atoms with Gasteiger partial charge >= 0.3 is 0 Å². The van der Waals surface area contributed by atoms with Gasteiger partial charge in [-0.1, -0.05) is 0 Å². The highest BCUT2D eigenvalue weighted by atomic mass is 15.3. The second-order valence-electron chi connectivity index (χ2n) is 4.18. The first-order valence-electron chi connectivity index (χ1n) is 5.47. The quantitative estimate of drug-likeness (QED) is 0.691. The number of hydrogen-bond donors (Lipinski definition) is 1. The SMILES string of the molecule is Cc1ccc2[nH]c(-c3cnn(C)c3C)nc2n1. The highest BCUT2D eigenvalue weighted by Gasteiger charge is 2.11. The van der Waals surface area contributed by atoms with Crippen LogP contribution in [0.1, 0.15) is 11.4 Å². The Morgan fingerprint density at radius 1 is 1.18 bits per heavy atom. The molecule has 1 N–H and O–H groups in total. The molecule has 0 saturated carbocycles. The number of rotatable bonds is 1. The maximum atomic E-state index is 4.50. The van der Waals surface area contributed by atoms with Crippen LogP contribution in [0.4, 0.5) is 0 Å². The topological polar surface area (TPSA) is 59.4 Å². The van der Waals surface area contributed by atoms with Crippen molar-refractivity contribution in [3.63, 3.8) is 0 Å². The van der Waals surface area contributed by atoms with E-state index in [4.69, 9.17) is 0 Å². The summed E-state index contributed by atoms with van der Waals surface area (Å²) in [5.41, 5.74) is 4.78. The van der Waals surface area contributed by atoms with Crippen LogP contribution in [0, 0.1) is 13.8 Å². The fourth-order valence-corrected chi connectivity index (χ4v) is 1.85. The minimum atomic E-state index is 0.753. The summed E-state index contributed by atoms with van der Waals surface area (Å²) in [7, 11) is 1.92. The first kappa shape index (κ1) is 10.0. The van der Waals surface area contributed by atoms with Crippen LogP contribution in [0.25, 0.3) is 22.6 Å². The maximum absolute atomic E-state index is 4.50. The van der Waals surface area contributed by atoms with Gasteiger partial charge in [0.25, 0.3) is 0 Å². The number of aromatic nitrogens is 5. The molecule has 5 nitrogen and oxygen atoms in total. The van der Waals surface area contributed by atoms with E-state index < -0.39 is 0 Å². The average molecular weight is 227 g/mol. The van der Waals surface area contributed by atoms with Crippen molar-refractivity contribution in [3.8, 4) is 11.4 Å². The third-order valence-electron chi connectivity index (χ3n) is 2.98. The van der Waals surface area contributed by atoms with E-state index in [2.05, 4.69) is 20.1 Å². The number of nitrogens with one attached hydrogen (secondary N) is 1. The molecule has 0 aromatic carbocycles. The lowest BCUT2D eigenvalue weighted by molar-refractivity contribution is 0.740. The standard InChI is InChI=1S/C12H13N5/c1-7-4-5-10-12(14-7)16-11(15-10)9-6-13-17(3)8(9)2/h4-6H,1-3H3,(H,14,15,16). The van der Waals surface area contributed by atoms with E-state index in [9.17, 15) is 0 Å². The molecule has 86 valence electrons. The van der Waals surface area contributed by atoms with Crippen LogP contribution in [0.15, 0.2) is 18.3 Å². The van der Waals surface area contributed by atoms with Crippen LogP contribution in [0.2, 0.25) is 0 Å². The molecule has 3 aromatic heterocycles. The van der Waals surface area contributed by atoms with E-state index in [1.807, 2.05) is 43.9 Å². The monoisotopic (exact) mass is 227 g/mol. The predicted molar refractivity (Wildman–Crippen MR) is 65.6 cm³/mol. The minimum Gasteiger partial charge on any atom is -0.336 e. The van der Waals surface area contributed by atoms with Crippen molar-refractivity contribution in [2.45, 2.75) is 13.8 Å². The molecule has 3 heterocycles. The van der Waals surface area contributed by atoms with Crippen molar-refractivity contribution >= 4 is 11.2 Å². The van der Waals surface area contributed by atoms with Gasteiger partial charge in [0.1, 0.15) is 5.82 Å². The van der Waals surface area contributed by atoms with E-state index in [-0.39, 0.29) is 0 Å². The number of fused-ring (bicyclic) bond motifs is 1. The number of H-pyrrole nitrogens is 1. The van der Waals surface area contributed by atoms with Crippen LogP contribution in [-0.4, -0.2) is 24.7 Å². The lowest BCUT2D eigenvalue weighted by Crippen LogP contribution is -1.92. The van der Waals surface area contributed by atoms with E-state index in [0.717, 1.165) is 33.9 Å². The Bertz CT molecular complexity index is 692. The van der Waals surface area contributed by atoms with Gasteiger partial charge < -0.3 is 4.98 Å². The number of imidazole rings is 1. The van der Waals surface area contributed by atoms with E-state index in [1.165, 1.54) is 0 Å². The summed E-state index contributed by atoms with van der Waals surface area (Å²) in [5.74, 6) is 0.823. The van der Waals surface area contributed by atoms with Crippen LogP contribution < -0.4 is 0 Å². The fraction of sp³-hybridized carbons (Fsp3) is 0.250. The number of pyridine rings is 1. The first-order chi connectivity index (χ1) is 8.15. The molecule has 0 bridgehead atoms. The molecule has 3 rings (SSSR count). The number of aryl methyl sites for hydroxylation is 2. The van der Waals surface area contributed by atoms with Gasteiger partial charge in [-0.2, -0.15) is 5.10 Å². The van der Waals surface area contributed by atoms with Gasteiger partial charge in [-0.3, -0.25) is 4.68 Å². The summed E-state index contributed by atoms with van der Waals surface area (Å²) in [6, 6.07) is 3.97. The Hall–Kier alpha value is -2.17. The third-order valence-corrected chi connectivity index (χ3v) is 2.98. The van der Waals surface area contributed by atoms with Crippen LogP contribution in [-0.2, 0) is 7.05 Å². The average Bonchev–Trinajstić information content (AvgIpc) is 2.83. The maximum Gasteiger partial charge on any atom is 0.178 e. The van der Waals surface area contributed by atoms with Crippen molar-refractivity contribution in [2.75, 3.05) is 0 Å². The van der Waals surface area contributed by atoms with Crippen molar-refractivity contribution in [3.05, 3.63) is 29.7 Å². The molecule has 0 saturated heterocycles. The van der Waals surface area contributed by atoms with E-state index >= 15 is 0 Å². The Kier molecular flexibility index (Phi) is 2.01. The van der Waals surface area contributed by atoms with Gasteiger partial charge in [-0.15, -0.1) is 0 Å². The predicted octanol–water partition coefficient (Wildman–Crippen LogP) is 1.98. The molecule has 0 aliphatic carbocycles. The third kappa shape index (κ3) is 1.51. The molecule has 0 atom stereocenters. The fourth-order valence-electron chi connectivity index (χ4n) is 1.85. The van der Waals surface area contributed by atoms with Gasteiger partial charge in [-0.25, -0.2) is 9.97 Å². The molecule has 0 aliphatic heterocycles. The lowest BCUT2D eigenvalue weighted by Gasteiger charge is -1.95. The zero-order chi connectivity index (χ0) is 12.0. The normalized spacial score (nSPS) is 11.2. The number of aromatic amines is 1. The largest absolute Gasteiger partial charge is 0.336 e. The van der Waals surface area contributed by atoms with Gasteiger partial charge in [-0.05, 0) is 26.0 Å². The Balaban J connectivity index is 2.21. The highest BCUT2D eigenvalue weighted by molar-refractivity contribution is 5.76. The lowest BCUT2D eigenvalue weighted by atomic mass is 10.2. The molecular formula is C12H13N5. The molecule has 3 aromatic rings. The molecule has 0 radical (unpaired) electrons. The highest BCUT2D eigenvalue weighted by Crippen LogP contribution is 2.22. The molecule has 0 spiro atoms. The number of hydrogen-bond acceptors (Lipinski definition) is 3.